The Hall–Kier alpha value is -1.03. The first-order valence-electron chi connectivity index (χ1n) is 9.36. The maximum atomic E-state index is 12.8. The summed E-state index contributed by atoms with van der Waals surface area (Å²) >= 11 is 0. The summed E-state index contributed by atoms with van der Waals surface area (Å²) in [5, 5.41) is 11.1. The highest BCUT2D eigenvalue weighted by Crippen LogP contribution is 2.42. The van der Waals surface area contributed by atoms with Gasteiger partial charge in [-0.2, -0.15) is 0 Å². The summed E-state index contributed by atoms with van der Waals surface area (Å²) in [6.07, 6.45) is 3.10. The van der Waals surface area contributed by atoms with Crippen LogP contribution in [0.25, 0.3) is 0 Å². The largest absolute Gasteiger partial charge is 0.381 e. The van der Waals surface area contributed by atoms with Crippen LogP contribution in [0.4, 0.5) is 0 Å². The lowest BCUT2D eigenvalue weighted by Gasteiger charge is -2.28. The topological polar surface area (TPSA) is 71.4 Å². The molecule has 1 saturated carbocycles. The van der Waals surface area contributed by atoms with Crippen LogP contribution in [-0.2, 0) is 14.4 Å². The molecule has 3 unspecified atom stereocenters. The molecule has 3 atom stereocenters. The van der Waals surface area contributed by atoms with Gasteiger partial charge in [-0.15, -0.1) is 0 Å². The summed E-state index contributed by atoms with van der Waals surface area (Å²) in [5.74, 6) is -2.77. The van der Waals surface area contributed by atoms with Gasteiger partial charge in [0.1, 0.15) is 11.5 Å². The van der Waals surface area contributed by atoms with Crippen molar-refractivity contribution in [2.75, 3.05) is 0 Å². The fraction of sp³-hybridized carbons (Fsp3) is 0.850. The van der Waals surface area contributed by atoms with Gasteiger partial charge in [0.25, 0.3) is 0 Å². The van der Waals surface area contributed by atoms with Crippen LogP contribution in [0.1, 0.15) is 73.6 Å². The molecule has 0 heterocycles. The van der Waals surface area contributed by atoms with E-state index >= 15 is 0 Å². The van der Waals surface area contributed by atoms with Crippen LogP contribution in [0, 0.1) is 29.6 Å². The third kappa shape index (κ3) is 4.53. The Morgan fingerprint density at radius 1 is 1.04 bits per heavy atom. The van der Waals surface area contributed by atoms with Crippen LogP contribution in [-0.4, -0.2) is 28.1 Å². The number of ketones is 3. The van der Waals surface area contributed by atoms with Crippen molar-refractivity contribution in [1.82, 2.24) is 0 Å². The third-order valence-electron chi connectivity index (χ3n) is 5.12. The molecule has 4 nitrogen and oxygen atoms in total. The van der Waals surface area contributed by atoms with Crippen LogP contribution in [0.5, 0.6) is 0 Å². The number of hydrogen-bond acceptors (Lipinski definition) is 4. The predicted molar refractivity (Wildman–Crippen MR) is 94.5 cm³/mol. The van der Waals surface area contributed by atoms with Crippen LogP contribution in [0.15, 0.2) is 0 Å². The van der Waals surface area contributed by atoms with E-state index in [0.717, 1.165) is 12.8 Å². The molecule has 1 rings (SSSR count). The molecule has 0 aromatic rings. The molecule has 0 bridgehead atoms. The molecular formula is C20H34O4. The minimum absolute atomic E-state index is 0.278. The van der Waals surface area contributed by atoms with E-state index in [1.54, 1.807) is 13.8 Å². The van der Waals surface area contributed by atoms with Crippen molar-refractivity contribution in [2.45, 2.75) is 79.2 Å². The van der Waals surface area contributed by atoms with E-state index in [9.17, 15) is 19.5 Å². The molecule has 0 spiro atoms. The van der Waals surface area contributed by atoms with E-state index in [1.165, 1.54) is 0 Å². The second-order valence-electron chi connectivity index (χ2n) is 8.49. The average molecular weight is 338 g/mol. The number of carbonyl (C=O) groups excluding carboxylic acids is 3. The van der Waals surface area contributed by atoms with Crippen molar-refractivity contribution in [3.8, 4) is 0 Å². The van der Waals surface area contributed by atoms with E-state index in [-0.39, 0.29) is 23.9 Å². The molecule has 1 N–H and O–H groups in total. The summed E-state index contributed by atoms with van der Waals surface area (Å²) in [6, 6.07) is 0. The van der Waals surface area contributed by atoms with Crippen LogP contribution >= 0.6 is 0 Å². The van der Waals surface area contributed by atoms with Crippen molar-refractivity contribution < 1.29 is 19.5 Å². The molecular weight excluding hydrogens is 304 g/mol. The Labute approximate surface area is 146 Å². The first-order valence-corrected chi connectivity index (χ1v) is 9.36. The molecule has 0 aliphatic heterocycles. The summed E-state index contributed by atoms with van der Waals surface area (Å²) in [5.41, 5.74) is -1.66. The number of Topliss-reactive ketones (excluding diaryl/α,β-unsaturated/α-hetero) is 3. The van der Waals surface area contributed by atoms with Crippen molar-refractivity contribution in [1.29, 1.82) is 0 Å². The average Bonchev–Trinajstić information content (AvgIpc) is 2.63. The zero-order valence-electron chi connectivity index (χ0n) is 16.1. The zero-order chi connectivity index (χ0) is 18.7. The number of hydrogen-bond donors (Lipinski definition) is 1. The Balaban J connectivity index is 3.06. The van der Waals surface area contributed by atoms with Gasteiger partial charge in [-0.1, -0.05) is 54.4 Å². The summed E-state index contributed by atoms with van der Waals surface area (Å²) in [6.45, 7) is 11.7. The molecule has 1 fully saturated rings. The smallest absolute Gasteiger partial charge is 0.182 e. The summed E-state index contributed by atoms with van der Waals surface area (Å²) in [7, 11) is 0. The molecule has 24 heavy (non-hydrogen) atoms. The lowest BCUT2D eigenvalue weighted by molar-refractivity contribution is -0.144. The van der Waals surface area contributed by atoms with E-state index in [2.05, 4.69) is 27.7 Å². The van der Waals surface area contributed by atoms with Crippen molar-refractivity contribution >= 4 is 17.3 Å². The molecule has 138 valence electrons. The Bertz CT molecular complexity index is 478. The normalized spacial score (nSPS) is 27.8. The van der Waals surface area contributed by atoms with Gasteiger partial charge in [0, 0.05) is 5.92 Å². The molecule has 0 aromatic carbocycles. The standard InChI is InChI=1S/C20H34O4/c1-12(2)8-7-11-20(24)15(10-9-13(3)4)18(22)16(19(20)23)17(21)14(5)6/h12-16,24H,7-11H2,1-6H3. The molecule has 0 amide bonds. The second kappa shape index (κ2) is 8.37. The molecule has 1 aliphatic rings. The minimum atomic E-state index is -1.66. The fourth-order valence-corrected chi connectivity index (χ4v) is 3.55. The van der Waals surface area contributed by atoms with Gasteiger partial charge in [0.05, 0.1) is 5.92 Å². The van der Waals surface area contributed by atoms with E-state index in [1.807, 2.05) is 0 Å². The van der Waals surface area contributed by atoms with Crippen molar-refractivity contribution in [3.05, 3.63) is 0 Å². The minimum Gasteiger partial charge on any atom is -0.381 e. The molecule has 1 aliphatic carbocycles. The van der Waals surface area contributed by atoms with Gasteiger partial charge in [0.15, 0.2) is 17.3 Å². The monoisotopic (exact) mass is 338 g/mol. The van der Waals surface area contributed by atoms with Crippen molar-refractivity contribution in [3.63, 3.8) is 0 Å². The van der Waals surface area contributed by atoms with Gasteiger partial charge in [-0.3, -0.25) is 14.4 Å². The van der Waals surface area contributed by atoms with Crippen LogP contribution in [0.3, 0.4) is 0 Å². The van der Waals surface area contributed by atoms with E-state index < -0.39 is 23.2 Å². The maximum Gasteiger partial charge on any atom is 0.182 e. The first-order chi connectivity index (χ1) is 11.0. The lowest BCUT2D eigenvalue weighted by atomic mass is 9.80. The van der Waals surface area contributed by atoms with Crippen LogP contribution < -0.4 is 0 Å². The van der Waals surface area contributed by atoms with Gasteiger partial charge in [-0.25, -0.2) is 0 Å². The Kier molecular flexibility index (Phi) is 7.33. The zero-order valence-corrected chi connectivity index (χ0v) is 16.1. The second-order valence-corrected chi connectivity index (χ2v) is 8.49. The van der Waals surface area contributed by atoms with Crippen LogP contribution in [0.2, 0.25) is 0 Å². The first kappa shape index (κ1) is 21.0. The maximum absolute atomic E-state index is 12.8. The molecule has 0 radical (unpaired) electrons. The van der Waals surface area contributed by atoms with Gasteiger partial charge >= 0.3 is 0 Å². The van der Waals surface area contributed by atoms with E-state index in [0.29, 0.717) is 24.7 Å². The SMILES string of the molecule is CC(C)CCCC1(O)C(=O)C(C(=O)C(C)C)C(=O)C1CCC(C)C. The summed E-state index contributed by atoms with van der Waals surface area (Å²) < 4.78 is 0. The third-order valence-corrected chi connectivity index (χ3v) is 5.12. The molecule has 0 aromatic heterocycles. The Morgan fingerprint density at radius 3 is 2.04 bits per heavy atom. The molecule has 4 heteroatoms. The number of rotatable bonds is 9. The summed E-state index contributed by atoms with van der Waals surface area (Å²) in [4.78, 5) is 38.0. The van der Waals surface area contributed by atoms with Crippen molar-refractivity contribution in [2.24, 2.45) is 29.6 Å². The quantitative estimate of drug-likeness (QED) is 0.652. The number of aliphatic hydroxyl groups is 1. The molecule has 0 saturated heterocycles. The van der Waals surface area contributed by atoms with Gasteiger partial charge in [0.2, 0.25) is 0 Å². The lowest BCUT2D eigenvalue weighted by Crippen LogP contribution is -2.43. The highest BCUT2D eigenvalue weighted by atomic mass is 16.3. The predicted octanol–water partition coefficient (Wildman–Crippen LogP) is 3.59. The van der Waals surface area contributed by atoms with E-state index in [4.69, 9.17) is 0 Å². The fourth-order valence-electron chi connectivity index (χ4n) is 3.55. The Morgan fingerprint density at radius 2 is 1.58 bits per heavy atom. The van der Waals surface area contributed by atoms with Gasteiger partial charge in [-0.05, 0) is 31.1 Å². The van der Waals surface area contributed by atoms with Gasteiger partial charge < -0.3 is 5.11 Å². The number of carbonyl (C=O) groups is 3. The highest BCUT2D eigenvalue weighted by molar-refractivity contribution is 6.27. The highest BCUT2D eigenvalue weighted by Gasteiger charge is 2.60.